The van der Waals surface area contributed by atoms with Crippen LogP contribution in [0.5, 0.6) is 0 Å². The maximum Gasteiger partial charge on any atom is 0.339 e. The quantitative estimate of drug-likeness (QED) is 0.418. The van der Waals surface area contributed by atoms with Crippen molar-refractivity contribution >= 4 is 28.9 Å². The third-order valence-electron chi connectivity index (χ3n) is 2.31. The first kappa shape index (κ1) is 16.1. The minimum atomic E-state index is -1.84. The van der Waals surface area contributed by atoms with Crippen LogP contribution in [0.15, 0.2) is 6.07 Å². The van der Waals surface area contributed by atoms with Crippen molar-refractivity contribution in [3.8, 4) is 0 Å². The van der Waals surface area contributed by atoms with E-state index in [0.717, 1.165) is 0 Å². The van der Waals surface area contributed by atoms with Gasteiger partial charge in [0.1, 0.15) is 5.56 Å². The second kappa shape index (κ2) is 6.44. The Morgan fingerprint density at radius 3 is 2.55 bits per heavy atom. The average molecular weight is 311 g/mol. The van der Waals surface area contributed by atoms with E-state index in [4.69, 9.17) is 16.7 Å². The van der Waals surface area contributed by atoms with Crippen LogP contribution < -0.4 is 5.32 Å². The number of aromatic carboxylic acids is 1. The fraction of sp³-hybridized carbons (Fsp3) is 0.300. The molecule has 1 unspecified atom stereocenters. The van der Waals surface area contributed by atoms with Crippen molar-refractivity contribution in [3.63, 3.8) is 0 Å². The van der Waals surface area contributed by atoms with Crippen molar-refractivity contribution in [3.05, 3.63) is 33.4 Å². The molecular weight excluding hydrogens is 302 g/mol. The number of hydrogen-bond donors (Lipinski definition) is 3. The third-order valence-corrected chi connectivity index (χ3v) is 2.66. The zero-order valence-electron chi connectivity index (χ0n) is 9.77. The summed E-state index contributed by atoms with van der Waals surface area (Å²) in [4.78, 5) is 20.4. The number of aliphatic hydroxyl groups excluding tert-OH is 1. The topological polar surface area (TPSA) is 113 Å². The van der Waals surface area contributed by atoms with Crippen molar-refractivity contribution < 1.29 is 28.7 Å². The van der Waals surface area contributed by atoms with Gasteiger partial charge in [-0.05, 0) is 0 Å². The SMILES string of the molecule is O=C(O)c1cc([N+](=O)[O-])c(NCC(O)CCl)c(F)c1F. The molecule has 0 saturated carbocycles. The number of aliphatic hydroxyl groups is 1. The lowest BCUT2D eigenvalue weighted by Crippen LogP contribution is -2.22. The van der Waals surface area contributed by atoms with Crippen molar-refractivity contribution in [2.45, 2.75) is 6.10 Å². The number of nitro groups is 1. The molecule has 1 aromatic rings. The van der Waals surface area contributed by atoms with Crippen LogP contribution in [0.3, 0.4) is 0 Å². The number of nitrogens with zero attached hydrogens (tertiary/aromatic N) is 1. The van der Waals surface area contributed by atoms with Gasteiger partial charge in [0, 0.05) is 12.6 Å². The number of rotatable bonds is 6. The summed E-state index contributed by atoms with van der Waals surface area (Å²) in [5.74, 6) is -5.50. The standard InChI is InChI=1S/C10H9ClF2N2O5/c11-2-4(16)3-14-9-6(15(19)20)1-5(10(17)18)7(12)8(9)13/h1,4,14,16H,2-3H2,(H,17,18). The van der Waals surface area contributed by atoms with Gasteiger partial charge in [0.05, 0.1) is 16.9 Å². The Bertz CT molecular complexity index is 555. The first-order valence-electron chi connectivity index (χ1n) is 5.17. The van der Waals surface area contributed by atoms with E-state index in [1.54, 1.807) is 0 Å². The van der Waals surface area contributed by atoms with Crippen LogP contribution >= 0.6 is 11.6 Å². The van der Waals surface area contributed by atoms with Gasteiger partial charge in [-0.2, -0.15) is 0 Å². The van der Waals surface area contributed by atoms with Crippen molar-refractivity contribution in [1.82, 2.24) is 0 Å². The number of carbonyl (C=O) groups is 1. The molecular formula is C10H9ClF2N2O5. The van der Waals surface area contributed by atoms with Gasteiger partial charge in [0.25, 0.3) is 5.69 Å². The van der Waals surface area contributed by atoms with Crippen molar-refractivity contribution in [2.75, 3.05) is 17.7 Å². The fourth-order valence-corrected chi connectivity index (χ4v) is 1.46. The molecule has 0 radical (unpaired) electrons. The van der Waals surface area contributed by atoms with Gasteiger partial charge < -0.3 is 15.5 Å². The summed E-state index contributed by atoms with van der Waals surface area (Å²) in [6.45, 7) is -0.368. The number of alkyl halides is 1. The summed E-state index contributed by atoms with van der Waals surface area (Å²) in [5.41, 5.74) is -2.96. The van der Waals surface area contributed by atoms with E-state index in [1.165, 1.54) is 0 Å². The molecule has 0 amide bonds. The fourth-order valence-electron chi connectivity index (χ4n) is 1.35. The average Bonchev–Trinajstić information content (AvgIpc) is 2.38. The highest BCUT2D eigenvalue weighted by Gasteiger charge is 2.28. The predicted octanol–water partition coefficient (Wildman–Crippen LogP) is 1.58. The van der Waals surface area contributed by atoms with Crippen LogP contribution in [0.4, 0.5) is 20.2 Å². The number of nitro benzene ring substituents is 1. The molecule has 0 fully saturated rings. The Morgan fingerprint density at radius 2 is 2.10 bits per heavy atom. The molecule has 0 aliphatic rings. The minimum absolute atomic E-state index is 0.224. The van der Waals surface area contributed by atoms with E-state index >= 15 is 0 Å². The monoisotopic (exact) mass is 310 g/mol. The number of anilines is 1. The second-order valence-corrected chi connectivity index (χ2v) is 4.01. The second-order valence-electron chi connectivity index (χ2n) is 3.70. The van der Waals surface area contributed by atoms with Crippen molar-refractivity contribution in [1.29, 1.82) is 0 Å². The van der Waals surface area contributed by atoms with Gasteiger partial charge >= 0.3 is 5.97 Å². The Morgan fingerprint density at radius 1 is 1.50 bits per heavy atom. The molecule has 1 rings (SSSR count). The number of benzene rings is 1. The lowest BCUT2D eigenvalue weighted by molar-refractivity contribution is -0.384. The Kier molecular flexibility index (Phi) is 5.17. The Labute approximate surface area is 115 Å². The Hall–Kier alpha value is -2.00. The zero-order chi connectivity index (χ0) is 15.4. The molecule has 0 saturated heterocycles. The summed E-state index contributed by atoms with van der Waals surface area (Å²) < 4.78 is 27.1. The normalized spacial score (nSPS) is 12.0. The van der Waals surface area contributed by atoms with Gasteiger partial charge in [0.15, 0.2) is 17.3 Å². The van der Waals surface area contributed by atoms with Crippen LogP contribution in [0.1, 0.15) is 10.4 Å². The highest BCUT2D eigenvalue weighted by molar-refractivity contribution is 6.18. The third kappa shape index (κ3) is 3.31. The molecule has 3 N–H and O–H groups in total. The van der Waals surface area contributed by atoms with E-state index in [9.17, 15) is 28.8 Å². The lowest BCUT2D eigenvalue weighted by atomic mass is 10.1. The van der Waals surface area contributed by atoms with Gasteiger partial charge in [-0.3, -0.25) is 10.1 Å². The molecule has 0 aliphatic heterocycles. The highest BCUT2D eigenvalue weighted by atomic mass is 35.5. The van der Waals surface area contributed by atoms with E-state index in [2.05, 4.69) is 5.32 Å². The van der Waals surface area contributed by atoms with Crippen LogP contribution in [-0.2, 0) is 0 Å². The number of carboxylic acid groups (broad SMARTS) is 1. The van der Waals surface area contributed by atoms with Gasteiger partial charge in [-0.25, -0.2) is 13.6 Å². The number of nitrogens with one attached hydrogen (secondary N) is 1. The summed E-state index contributed by atoms with van der Waals surface area (Å²) in [7, 11) is 0. The van der Waals surface area contributed by atoms with Crippen LogP contribution in [-0.4, -0.2) is 39.6 Å². The van der Waals surface area contributed by atoms with Gasteiger partial charge in [-0.1, -0.05) is 0 Å². The summed E-state index contributed by atoms with van der Waals surface area (Å²) >= 11 is 5.29. The van der Waals surface area contributed by atoms with Crippen LogP contribution in [0.2, 0.25) is 0 Å². The van der Waals surface area contributed by atoms with Crippen molar-refractivity contribution in [2.24, 2.45) is 0 Å². The number of carboxylic acids is 1. The molecule has 110 valence electrons. The molecule has 20 heavy (non-hydrogen) atoms. The first-order chi connectivity index (χ1) is 9.29. The van der Waals surface area contributed by atoms with Gasteiger partial charge in [0.2, 0.25) is 0 Å². The summed E-state index contributed by atoms with van der Waals surface area (Å²) in [6.07, 6.45) is -1.14. The largest absolute Gasteiger partial charge is 0.478 e. The maximum atomic E-state index is 13.7. The molecule has 0 aliphatic carbocycles. The van der Waals surface area contributed by atoms with E-state index in [0.29, 0.717) is 6.07 Å². The molecule has 1 aromatic carbocycles. The number of hydrogen-bond acceptors (Lipinski definition) is 5. The highest BCUT2D eigenvalue weighted by Crippen LogP contribution is 2.31. The maximum absolute atomic E-state index is 13.7. The smallest absolute Gasteiger partial charge is 0.339 e. The summed E-state index contributed by atoms with van der Waals surface area (Å²) in [6, 6.07) is 0.399. The molecule has 1 atom stereocenters. The number of halogens is 3. The summed E-state index contributed by atoms with van der Waals surface area (Å²) in [5, 5.41) is 30.7. The van der Waals surface area contributed by atoms with E-state index in [-0.39, 0.29) is 12.4 Å². The van der Waals surface area contributed by atoms with Crippen LogP contribution in [0.25, 0.3) is 0 Å². The first-order valence-corrected chi connectivity index (χ1v) is 5.70. The van der Waals surface area contributed by atoms with E-state index < -0.39 is 45.6 Å². The van der Waals surface area contributed by atoms with Crippen LogP contribution in [0, 0.1) is 21.7 Å². The zero-order valence-corrected chi connectivity index (χ0v) is 10.5. The minimum Gasteiger partial charge on any atom is -0.478 e. The molecule has 0 aromatic heterocycles. The van der Waals surface area contributed by atoms with E-state index in [1.807, 2.05) is 0 Å². The predicted molar refractivity (Wildman–Crippen MR) is 65.2 cm³/mol. The molecule has 0 heterocycles. The van der Waals surface area contributed by atoms with Gasteiger partial charge in [-0.15, -0.1) is 11.6 Å². The molecule has 7 nitrogen and oxygen atoms in total. The lowest BCUT2D eigenvalue weighted by Gasteiger charge is -2.12. The Balaban J connectivity index is 3.31. The molecule has 0 spiro atoms. The molecule has 10 heteroatoms. The molecule has 0 bridgehead atoms.